The lowest BCUT2D eigenvalue weighted by molar-refractivity contribution is -0.385. The van der Waals surface area contributed by atoms with Gasteiger partial charge in [-0.05, 0) is 47.9 Å². The first-order valence-corrected chi connectivity index (χ1v) is 9.44. The highest BCUT2D eigenvalue weighted by atomic mass is 16.6. The lowest BCUT2D eigenvalue weighted by Crippen LogP contribution is -2.08. The normalized spacial score (nSPS) is 10.8. The second kappa shape index (κ2) is 9.47. The zero-order valence-corrected chi connectivity index (χ0v) is 16.4. The Morgan fingerprint density at radius 1 is 1.10 bits per heavy atom. The number of aromatic hydroxyl groups is 1. The van der Waals surface area contributed by atoms with Crippen LogP contribution in [0.1, 0.15) is 30.0 Å². The topological polar surface area (TPSA) is 105 Å². The van der Waals surface area contributed by atoms with E-state index in [-0.39, 0.29) is 17.2 Å². The minimum absolute atomic E-state index is 0.0845. The van der Waals surface area contributed by atoms with Crippen molar-refractivity contribution in [2.45, 2.75) is 19.8 Å². The molecule has 3 aromatic rings. The van der Waals surface area contributed by atoms with E-state index in [4.69, 9.17) is 0 Å². The van der Waals surface area contributed by atoms with Crippen LogP contribution in [0.4, 0.5) is 17.1 Å². The number of benzene rings is 3. The summed E-state index contributed by atoms with van der Waals surface area (Å²) >= 11 is 0. The van der Waals surface area contributed by atoms with E-state index in [9.17, 15) is 20.0 Å². The standard InChI is InChI=1S/C23H21N3O4/c1-2-22(27)25-20-10-8-19(9-11-20)24-15-18-13-17(12-16-6-4-3-5-7-16)14-21(23(18)28)26(29)30/h3-11,13-15,28H,2,12H2,1H3,(H,25,27). The van der Waals surface area contributed by atoms with Crippen LogP contribution in [0.15, 0.2) is 71.7 Å². The van der Waals surface area contributed by atoms with Crippen LogP contribution in [-0.2, 0) is 11.2 Å². The number of nitro groups is 1. The third-order valence-electron chi connectivity index (χ3n) is 4.45. The Labute approximate surface area is 173 Å². The van der Waals surface area contributed by atoms with Crippen molar-refractivity contribution in [2.75, 3.05) is 5.32 Å². The Kier molecular flexibility index (Phi) is 6.54. The van der Waals surface area contributed by atoms with E-state index >= 15 is 0 Å². The number of amides is 1. The first-order valence-electron chi connectivity index (χ1n) is 9.44. The van der Waals surface area contributed by atoms with Crippen LogP contribution in [0.25, 0.3) is 0 Å². The number of nitro benzene ring substituents is 1. The molecule has 3 rings (SSSR count). The third-order valence-corrected chi connectivity index (χ3v) is 4.45. The van der Waals surface area contributed by atoms with E-state index in [1.807, 2.05) is 30.3 Å². The summed E-state index contributed by atoms with van der Waals surface area (Å²) in [6.45, 7) is 1.77. The van der Waals surface area contributed by atoms with Crippen LogP contribution in [0.2, 0.25) is 0 Å². The monoisotopic (exact) mass is 403 g/mol. The molecule has 0 radical (unpaired) electrons. The van der Waals surface area contributed by atoms with Crippen LogP contribution in [-0.4, -0.2) is 22.2 Å². The largest absolute Gasteiger partial charge is 0.502 e. The summed E-state index contributed by atoms with van der Waals surface area (Å²) < 4.78 is 0. The number of nitrogens with one attached hydrogen (secondary N) is 1. The molecule has 2 N–H and O–H groups in total. The van der Waals surface area contributed by atoms with Gasteiger partial charge < -0.3 is 10.4 Å². The van der Waals surface area contributed by atoms with Crippen molar-refractivity contribution in [3.63, 3.8) is 0 Å². The van der Waals surface area contributed by atoms with E-state index < -0.39 is 10.7 Å². The van der Waals surface area contributed by atoms with E-state index in [1.165, 1.54) is 12.3 Å². The molecule has 3 aromatic carbocycles. The highest BCUT2D eigenvalue weighted by Gasteiger charge is 2.18. The molecule has 30 heavy (non-hydrogen) atoms. The molecule has 7 nitrogen and oxygen atoms in total. The average molecular weight is 403 g/mol. The second-order valence-electron chi connectivity index (χ2n) is 6.68. The number of rotatable bonds is 7. The predicted octanol–water partition coefficient (Wildman–Crippen LogP) is 4.99. The number of nitrogens with zero attached hydrogens (tertiary/aromatic N) is 2. The van der Waals surface area contributed by atoms with Crippen LogP contribution >= 0.6 is 0 Å². The van der Waals surface area contributed by atoms with Gasteiger partial charge in [0.25, 0.3) is 0 Å². The quantitative estimate of drug-likeness (QED) is 0.329. The smallest absolute Gasteiger partial charge is 0.311 e. The number of phenols is 1. The van der Waals surface area contributed by atoms with Crippen molar-refractivity contribution >= 4 is 29.2 Å². The molecule has 0 aliphatic carbocycles. The first kappa shape index (κ1) is 20.7. The Morgan fingerprint density at radius 3 is 2.43 bits per heavy atom. The van der Waals surface area contributed by atoms with Crippen molar-refractivity contribution in [3.05, 3.63) is 93.5 Å². The van der Waals surface area contributed by atoms with Crippen molar-refractivity contribution in [1.82, 2.24) is 0 Å². The molecule has 0 heterocycles. The first-order chi connectivity index (χ1) is 14.5. The van der Waals surface area contributed by atoms with Crippen LogP contribution in [0, 0.1) is 10.1 Å². The van der Waals surface area contributed by atoms with E-state index in [0.29, 0.717) is 29.8 Å². The maximum absolute atomic E-state index is 11.4. The molecule has 0 aromatic heterocycles. The van der Waals surface area contributed by atoms with Crippen molar-refractivity contribution in [2.24, 2.45) is 4.99 Å². The van der Waals surface area contributed by atoms with Gasteiger partial charge in [-0.3, -0.25) is 19.9 Å². The van der Waals surface area contributed by atoms with Gasteiger partial charge in [0, 0.05) is 30.0 Å². The summed E-state index contributed by atoms with van der Waals surface area (Å²) in [5, 5.41) is 24.4. The lowest BCUT2D eigenvalue weighted by atomic mass is 10.0. The summed E-state index contributed by atoms with van der Waals surface area (Å²) in [6.07, 6.45) is 2.28. The van der Waals surface area contributed by atoms with Gasteiger partial charge in [-0.15, -0.1) is 0 Å². The summed E-state index contributed by atoms with van der Waals surface area (Å²) in [4.78, 5) is 26.5. The fourth-order valence-corrected chi connectivity index (χ4v) is 2.90. The minimum Gasteiger partial charge on any atom is -0.502 e. The molecule has 0 saturated heterocycles. The summed E-state index contributed by atoms with van der Waals surface area (Å²) in [7, 11) is 0. The second-order valence-corrected chi connectivity index (χ2v) is 6.68. The summed E-state index contributed by atoms with van der Waals surface area (Å²) in [6, 6.07) is 19.5. The molecule has 0 bridgehead atoms. The summed E-state index contributed by atoms with van der Waals surface area (Å²) in [5.74, 6) is -0.508. The maximum Gasteiger partial charge on any atom is 0.311 e. The van der Waals surface area contributed by atoms with Gasteiger partial charge in [0.15, 0.2) is 0 Å². The molecule has 152 valence electrons. The van der Waals surface area contributed by atoms with Gasteiger partial charge in [0.2, 0.25) is 11.7 Å². The van der Waals surface area contributed by atoms with E-state index in [2.05, 4.69) is 10.3 Å². The summed E-state index contributed by atoms with van der Waals surface area (Å²) in [5.41, 5.74) is 2.85. The van der Waals surface area contributed by atoms with E-state index in [1.54, 1.807) is 37.3 Å². The number of carbonyl (C=O) groups excluding carboxylic acids is 1. The predicted molar refractivity (Wildman–Crippen MR) is 117 cm³/mol. The van der Waals surface area contributed by atoms with Gasteiger partial charge in [-0.2, -0.15) is 0 Å². The lowest BCUT2D eigenvalue weighted by Gasteiger charge is -2.07. The number of hydrogen-bond donors (Lipinski definition) is 2. The fourth-order valence-electron chi connectivity index (χ4n) is 2.90. The zero-order chi connectivity index (χ0) is 21.5. The zero-order valence-electron chi connectivity index (χ0n) is 16.4. The molecule has 0 spiro atoms. The van der Waals surface area contributed by atoms with Gasteiger partial charge in [0.1, 0.15) is 0 Å². The Balaban J connectivity index is 1.86. The molecule has 0 atom stereocenters. The number of hydrogen-bond acceptors (Lipinski definition) is 5. The number of aliphatic imine (C=N–C) groups is 1. The average Bonchev–Trinajstić information content (AvgIpc) is 2.75. The molecule has 0 saturated carbocycles. The Bertz CT molecular complexity index is 1080. The SMILES string of the molecule is CCC(=O)Nc1ccc(N=Cc2cc(Cc3ccccc3)cc([N+](=O)[O-])c2O)cc1. The number of phenolic OH excluding ortho intramolecular Hbond substituents is 1. The van der Waals surface area contributed by atoms with Crippen molar-refractivity contribution < 1.29 is 14.8 Å². The highest BCUT2D eigenvalue weighted by Crippen LogP contribution is 2.31. The van der Waals surface area contributed by atoms with Gasteiger partial charge >= 0.3 is 5.69 Å². The Hall–Kier alpha value is -4.00. The fraction of sp³-hybridized carbons (Fsp3) is 0.130. The third kappa shape index (κ3) is 5.29. The van der Waals surface area contributed by atoms with Crippen molar-refractivity contribution in [3.8, 4) is 5.75 Å². The molecule has 0 fully saturated rings. The molecule has 7 heteroatoms. The molecule has 0 aliphatic heterocycles. The number of anilines is 1. The molecular weight excluding hydrogens is 382 g/mol. The molecule has 1 amide bonds. The highest BCUT2D eigenvalue weighted by molar-refractivity contribution is 5.91. The van der Waals surface area contributed by atoms with E-state index in [0.717, 1.165) is 5.56 Å². The number of carbonyl (C=O) groups is 1. The molecular formula is C23H21N3O4. The maximum atomic E-state index is 11.4. The van der Waals surface area contributed by atoms with Gasteiger partial charge in [0.05, 0.1) is 10.6 Å². The van der Waals surface area contributed by atoms with Crippen molar-refractivity contribution in [1.29, 1.82) is 0 Å². The Morgan fingerprint density at radius 2 is 1.80 bits per heavy atom. The van der Waals surface area contributed by atoms with Gasteiger partial charge in [-0.1, -0.05) is 37.3 Å². The molecule has 0 unspecified atom stereocenters. The van der Waals surface area contributed by atoms with Crippen LogP contribution in [0.5, 0.6) is 5.75 Å². The van der Waals surface area contributed by atoms with Crippen LogP contribution < -0.4 is 5.32 Å². The molecule has 0 aliphatic rings. The van der Waals surface area contributed by atoms with Crippen LogP contribution in [0.3, 0.4) is 0 Å². The minimum atomic E-state index is -0.605. The van der Waals surface area contributed by atoms with Gasteiger partial charge in [-0.25, -0.2) is 0 Å².